The molecule has 0 unspecified atom stereocenters. The lowest BCUT2D eigenvalue weighted by atomic mass is 10.1. The lowest BCUT2D eigenvalue weighted by Gasteiger charge is -2.20. The first kappa shape index (κ1) is 18.8. The molecule has 0 aliphatic carbocycles. The van der Waals surface area contributed by atoms with Crippen LogP contribution in [0.15, 0.2) is 48.5 Å². The highest BCUT2D eigenvalue weighted by Crippen LogP contribution is 2.31. The SMILES string of the molecule is Cc1cc(N2CCCC2)c2ccc(OCc3ccc(Cl)cc3)cc2n1.Cl. The van der Waals surface area contributed by atoms with Crippen molar-refractivity contribution in [3.05, 3.63) is 64.8 Å². The van der Waals surface area contributed by atoms with E-state index >= 15 is 0 Å². The summed E-state index contributed by atoms with van der Waals surface area (Å²) >= 11 is 5.92. The molecule has 0 radical (unpaired) electrons. The molecule has 4 rings (SSSR count). The van der Waals surface area contributed by atoms with Gasteiger partial charge in [0.15, 0.2) is 0 Å². The predicted octanol–water partition coefficient (Wildman–Crippen LogP) is 5.80. The van der Waals surface area contributed by atoms with Gasteiger partial charge in [-0.1, -0.05) is 23.7 Å². The van der Waals surface area contributed by atoms with Crippen LogP contribution in [0.1, 0.15) is 24.1 Å². The molecule has 0 bridgehead atoms. The smallest absolute Gasteiger partial charge is 0.122 e. The zero-order chi connectivity index (χ0) is 17.2. The molecular formula is C21H22Cl2N2O. The van der Waals surface area contributed by atoms with E-state index in [1.807, 2.05) is 36.4 Å². The van der Waals surface area contributed by atoms with Gasteiger partial charge in [-0.15, -0.1) is 12.4 Å². The number of benzene rings is 2. The lowest BCUT2D eigenvalue weighted by Crippen LogP contribution is -2.18. The molecule has 1 aromatic heterocycles. The Morgan fingerprint density at radius 1 is 1.04 bits per heavy atom. The zero-order valence-corrected chi connectivity index (χ0v) is 16.3. The number of ether oxygens (including phenoxy) is 1. The van der Waals surface area contributed by atoms with E-state index in [1.165, 1.54) is 23.9 Å². The minimum atomic E-state index is 0. The summed E-state index contributed by atoms with van der Waals surface area (Å²) in [5.74, 6) is 0.841. The molecule has 0 N–H and O–H groups in total. The molecule has 3 aromatic rings. The normalized spacial score (nSPS) is 13.7. The molecule has 0 saturated carbocycles. The van der Waals surface area contributed by atoms with E-state index in [0.29, 0.717) is 6.61 Å². The molecule has 3 nitrogen and oxygen atoms in total. The maximum atomic E-state index is 5.95. The minimum absolute atomic E-state index is 0. The number of aromatic nitrogens is 1. The van der Waals surface area contributed by atoms with Crippen LogP contribution in [0.25, 0.3) is 10.9 Å². The van der Waals surface area contributed by atoms with E-state index in [-0.39, 0.29) is 12.4 Å². The first-order valence-electron chi connectivity index (χ1n) is 8.73. The number of anilines is 1. The Kier molecular flexibility index (Phi) is 5.90. The summed E-state index contributed by atoms with van der Waals surface area (Å²) < 4.78 is 5.95. The van der Waals surface area contributed by atoms with Gasteiger partial charge in [0.25, 0.3) is 0 Å². The third-order valence-corrected chi connectivity index (χ3v) is 4.91. The van der Waals surface area contributed by atoms with E-state index in [0.717, 1.165) is 40.6 Å². The maximum Gasteiger partial charge on any atom is 0.122 e. The van der Waals surface area contributed by atoms with Crippen molar-refractivity contribution < 1.29 is 4.74 Å². The van der Waals surface area contributed by atoms with Gasteiger partial charge in [0, 0.05) is 40.9 Å². The van der Waals surface area contributed by atoms with Gasteiger partial charge in [-0.05, 0) is 55.7 Å². The summed E-state index contributed by atoms with van der Waals surface area (Å²) in [6.07, 6.45) is 2.54. The maximum absolute atomic E-state index is 5.95. The number of fused-ring (bicyclic) bond motifs is 1. The number of aryl methyl sites for hydroxylation is 1. The standard InChI is InChI=1S/C21H21ClN2O.ClH/c1-15-12-21(24-10-2-3-11-24)19-9-8-18(13-20(19)23-15)25-14-16-4-6-17(22)7-5-16;/h4-9,12-13H,2-3,10-11,14H2,1H3;1H. The largest absolute Gasteiger partial charge is 0.489 e. The molecule has 1 aliphatic heterocycles. The second-order valence-corrected chi connectivity index (χ2v) is 7.01. The van der Waals surface area contributed by atoms with Crippen LogP contribution >= 0.6 is 24.0 Å². The van der Waals surface area contributed by atoms with Gasteiger partial charge < -0.3 is 9.64 Å². The summed E-state index contributed by atoms with van der Waals surface area (Å²) in [4.78, 5) is 7.17. The molecule has 5 heteroatoms. The summed E-state index contributed by atoms with van der Waals surface area (Å²) in [5.41, 5.74) is 4.43. The second kappa shape index (κ2) is 8.15. The van der Waals surface area contributed by atoms with Crippen LogP contribution in [0, 0.1) is 6.92 Å². The Balaban J connectivity index is 0.00000196. The second-order valence-electron chi connectivity index (χ2n) is 6.57. The van der Waals surface area contributed by atoms with E-state index in [2.05, 4.69) is 24.0 Å². The highest BCUT2D eigenvalue weighted by atomic mass is 35.5. The van der Waals surface area contributed by atoms with Gasteiger partial charge in [-0.2, -0.15) is 0 Å². The van der Waals surface area contributed by atoms with E-state index < -0.39 is 0 Å². The predicted molar refractivity (Wildman–Crippen MR) is 111 cm³/mol. The molecule has 0 amide bonds. The Labute approximate surface area is 165 Å². The number of pyridine rings is 1. The van der Waals surface area contributed by atoms with Crippen molar-refractivity contribution in [1.29, 1.82) is 0 Å². The summed E-state index contributed by atoms with van der Waals surface area (Å²) in [7, 11) is 0. The molecule has 26 heavy (non-hydrogen) atoms. The summed E-state index contributed by atoms with van der Waals surface area (Å²) in [6.45, 7) is 4.84. The van der Waals surface area contributed by atoms with Crippen LogP contribution < -0.4 is 9.64 Å². The van der Waals surface area contributed by atoms with E-state index in [4.69, 9.17) is 21.3 Å². The number of hydrogen-bond donors (Lipinski definition) is 0. The highest BCUT2D eigenvalue weighted by Gasteiger charge is 2.16. The molecule has 136 valence electrons. The first-order chi connectivity index (χ1) is 12.2. The molecular weight excluding hydrogens is 367 g/mol. The summed E-state index contributed by atoms with van der Waals surface area (Å²) in [5, 5.41) is 1.94. The van der Waals surface area contributed by atoms with Crippen molar-refractivity contribution in [2.45, 2.75) is 26.4 Å². The molecule has 1 aliphatic rings. The molecule has 2 heterocycles. The number of halogens is 2. The van der Waals surface area contributed by atoms with Crippen molar-refractivity contribution in [3.63, 3.8) is 0 Å². The van der Waals surface area contributed by atoms with E-state index in [9.17, 15) is 0 Å². The van der Waals surface area contributed by atoms with Crippen molar-refractivity contribution in [2.75, 3.05) is 18.0 Å². The topological polar surface area (TPSA) is 25.4 Å². The van der Waals surface area contributed by atoms with Crippen LogP contribution in [0.5, 0.6) is 5.75 Å². The monoisotopic (exact) mass is 388 g/mol. The van der Waals surface area contributed by atoms with Gasteiger partial charge in [0.2, 0.25) is 0 Å². The Morgan fingerprint density at radius 2 is 1.77 bits per heavy atom. The van der Waals surface area contributed by atoms with Gasteiger partial charge >= 0.3 is 0 Å². The van der Waals surface area contributed by atoms with Crippen molar-refractivity contribution in [2.24, 2.45) is 0 Å². The minimum Gasteiger partial charge on any atom is -0.489 e. The van der Waals surface area contributed by atoms with Gasteiger partial charge in [-0.3, -0.25) is 4.98 Å². The van der Waals surface area contributed by atoms with Crippen LogP contribution in [0.4, 0.5) is 5.69 Å². The molecule has 2 aromatic carbocycles. The fourth-order valence-electron chi connectivity index (χ4n) is 3.38. The first-order valence-corrected chi connectivity index (χ1v) is 9.10. The Hall–Kier alpha value is -1.97. The van der Waals surface area contributed by atoms with Gasteiger partial charge in [-0.25, -0.2) is 0 Å². The van der Waals surface area contributed by atoms with Gasteiger partial charge in [0.05, 0.1) is 5.52 Å². The lowest BCUT2D eigenvalue weighted by molar-refractivity contribution is 0.306. The van der Waals surface area contributed by atoms with Gasteiger partial charge in [0.1, 0.15) is 12.4 Å². The highest BCUT2D eigenvalue weighted by molar-refractivity contribution is 6.30. The van der Waals surface area contributed by atoms with E-state index in [1.54, 1.807) is 0 Å². The fourth-order valence-corrected chi connectivity index (χ4v) is 3.50. The Bertz CT molecular complexity index is 890. The van der Waals surface area contributed by atoms with Crippen molar-refractivity contribution in [3.8, 4) is 5.75 Å². The quantitative estimate of drug-likeness (QED) is 0.564. The Morgan fingerprint density at radius 3 is 2.50 bits per heavy atom. The molecule has 0 atom stereocenters. The molecule has 1 saturated heterocycles. The van der Waals surface area contributed by atoms with Crippen molar-refractivity contribution in [1.82, 2.24) is 4.98 Å². The average molecular weight is 389 g/mol. The summed E-state index contributed by atoms with van der Waals surface area (Å²) in [6, 6.07) is 16.1. The zero-order valence-electron chi connectivity index (χ0n) is 14.7. The number of rotatable bonds is 4. The third kappa shape index (κ3) is 4.05. The average Bonchev–Trinajstić information content (AvgIpc) is 3.14. The fraction of sp³-hybridized carbons (Fsp3) is 0.286. The molecule has 0 spiro atoms. The van der Waals surface area contributed by atoms with Crippen molar-refractivity contribution >= 4 is 40.6 Å². The van der Waals surface area contributed by atoms with Crippen LogP contribution in [-0.4, -0.2) is 18.1 Å². The number of hydrogen-bond acceptors (Lipinski definition) is 3. The van der Waals surface area contributed by atoms with Crippen LogP contribution in [0.3, 0.4) is 0 Å². The number of nitrogens with zero attached hydrogens (tertiary/aromatic N) is 2. The molecule has 1 fully saturated rings. The van der Waals surface area contributed by atoms with Crippen LogP contribution in [0.2, 0.25) is 5.02 Å². The van der Waals surface area contributed by atoms with Crippen LogP contribution in [-0.2, 0) is 6.61 Å². The third-order valence-electron chi connectivity index (χ3n) is 4.65.